The van der Waals surface area contributed by atoms with E-state index in [0.717, 1.165) is 50.8 Å². The molecule has 1 saturated heterocycles. The highest BCUT2D eigenvalue weighted by Crippen LogP contribution is 2.24. The lowest BCUT2D eigenvalue weighted by Crippen LogP contribution is -2.57. The number of amides is 1. The molecule has 1 fully saturated rings. The number of nitrogens with zero attached hydrogens (tertiary/aromatic N) is 2. The fourth-order valence-corrected chi connectivity index (χ4v) is 2.55. The van der Waals surface area contributed by atoms with Gasteiger partial charge in [-0.1, -0.05) is 0 Å². The van der Waals surface area contributed by atoms with Gasteiger partial charge < -0.3 is 11.1 Å². The van der Waals surface area contributed by atoms with Crippen molar-refractivity contribution >= 4 is 5.91 Å². The molecule has 1 aromatic rings. The van der Waals surface area contributed by atoms with Crippen molar-refractivity contribution in [2.24, 2.45) is 5.73 Å². The number of primary amides is 1. The average molecular weight is 248 g/mol. The van der Waals surface area contributed by atoms with Crippen LogP contribution in [0.3, 0.4) is 0 Å². The van der Waals surface area contributed by atoms with Gasteiger partial charge in [-0.05, 0) is 45.1 Å². The van der Waals surface area contributed by atoms with Gasteiger partial charge in [-0.3, -0.25) is 14.8 Å². The number of nitrogens with two attached hydrogens (primary N) is 1. The van der Waals surface area contributed by atoms with Crippen LogP contribution < -0.4 is 11.1 Å². The molecule has 98 valence electrons. The minimum Gasteiger partial charge on any atom is -0.368 e. The second-order valence-corrected chi connectivity index (χ2v) is 4.88. The summed E-state index contributed by atoms with van der Waals surface area (Å²) in [5.41, 5.74) is 6.02. The van der Waals surface area contributed by atoms with Gasteiger partial charge in [-0.2, -0.15) is 0 Å². The summed E-state index contributed by atoms with van der Waals surface area (Å²) in [4.78, 5) is 19.9. The fraction of sp³-hybridized carbons (Fsp3) is 0.615. The van der Waals surface area contributed by atoms with Gasteiger partial charge in [0.25, 0.3) is 0 Å². The van der Waals surface area contributed by atoms with Gasteiger partial charge in [0.15, 0.2) is 0 Å². The molecular formula is C13H20N4O. The SMILES string of the molecule is NC(=O)C1(CCCc2cnccn2)CCCCN1. The van der Waals surface area contributed by atoms with E-state index in [0.29, 0.717) is 0 Å². The molecule has 18 heavy (non-hydrogen) atoms. The monoisotopic (exact) mass is 248 g/mol. The molecular weight excluding hydrogens is 228 g/mol. The number of carbonyl (C=O) groups is 1. The topological polar surface area (TPSA) is 80.9 Å². The maximum Gasteiger partial charge on any atom is 0.237 e. The predicted molar refractivity (Wildman–Crippen MR) is 68.7 cm³/mol. The summed E-state index contributed by atoms with van der Waals surface area (Å²) >= 11 is 0. The fourth-order valence-electron chi connectivity index (χ4n) is 2.55. The van der Waals surface area contributed by atoms with E-state index in [9.17, 15) is 4.79 Å². The number of piperidine rings is 1. The molecule has 1 amide bonds. The molecule has 1 aliphatic heterocycles. The summed E-state index contributed by atoms with van der Waals surface area (Å²) in [6.07, 6.45) is 10.7. The van der Waals surface area contributed by atoms with Crippen LogP contribution in [0.1, 0.15) is 37.8 Å². The number of nitrogens with one attached hydrogen (secondary N) is 1. The number of carbonyl (C=O) groups excluding carboxylic acids is 1. The quantitative estimate of drug-likeness (QED) is 0.807. The van der Waals surface area contributed by atoms with E-state index in [1.54, 1.807) is 18.6 Å². The van der Waals surface area contributed by atoms with Crippen molar-refractivity contribution in [3.05, 3.63) is 24.3 Å². The molecule has 2 rings (SSSR count). The summed E-state index contributed by atoms with van der Waals surface area (Å²) in [6.45, 7) is 0.883. The number of rotatable bonds is 5. The van der Waals surface area contributed by atoms with E-state index in [-0.39, 0.29) is 5.91 Å². The van der Waals surface area contributed by atoms with Gasteiger partial charge >= 0.3 is 0 Å². The van der Waals surface area contributed by atoms with Crippen molar-refractivity contribution in [2.45, 2.75) is 44.1 Å². The molecule has 0 spiro atoms. The number of hydrogen-bond donors (Lipinski definition) is 2. The van der Waals surface area contributed by atoms with Gasteiger partial charge in [-0.15, -0.1) is 0 Å². The Balaban J connectivity index is 1.88. The van der Waals surface area contributed by atoms with Crippen molar-refractivity contribution in [3.8, 4) is 0 Å². The van der Waals surface area contributed by atoms with Crippen LogP contribution in [-0.4, -0.2) is 28.0 Å². The van der Waals surface area contributed by atoms with E-state index in [1.165, 1.54) is 0 Å². The third-order valence-electron chi connectivity index (χ3n) is 3.62. The molecule has 5 nitrogen and oxygen atoms in total. The largest absolute Gasteiger partial charge is 0.368 e. The summed E-state index contributed by atoms with van der Waals surface area (Å²) in [6, 6.07) is 0. The Hall–Kier alpha value is -1.49. The van der Waals surface area contributed by atoms with Crippen LogP contribution in [0.5, 0.6) is 0 Å². The van der Waals surface area contributed by atoms with E-state index < -0.39 is 5.54 Å². The highest BCUT2D eigenvalue weighted by atomic mass is 16.1. The third-order valence-corrected chi connectivity index (χ3v) is 3.62. The normalized spacial score (nSPS) is 23.8. The summed E-state index contributed by atoms with van der Waals surface area (Å²) in [5, 5.41) is 3.31. The lowest BCUT2D eigenvalue weighted by atomic mass is 9.83. The van der Waals surface area contributed by atoms with Crippen LogP contribution in [0.4, 0.5) is 0 Å². The zero-order valence-electron chi connectivity index (χ0n) is 10.6. The first kappa shape index (κ1) is 13.0. The van der Waals surface area contributed by atoms with Gasteiger partial charge in [0.1, 0.15) is 0 Å². The Morgan fingerprint density at radius 3 is 2.94 bits per heavy atom. The van der Waals surface area contributed by atoms with E-state index in [2.05, 4.69) is 15.3 Å². The van der Waals surface area contributed by atoms with Crippen molar-refractivity contribution < 1.29 is 4.79 Å². The van der Waals surface area contributed by atoms with Crippen LogP contribution in [0.15, 0.2) is 18.6 Å². The molecule has 0 aliphatic carbocycles. The smallest absolute Gasteiger partial charge is 0.237 e. The highest BCUT2D eigenvalue weighted by Gasteiger charge is 2.36. The second-order valence-electron chi connectivity index (χ2n) is 4.88. The molecule has 0 radical (unpaired) electrons. The zero-order valence-corrected chi connectivity index (χ0v) is 10.6. The molecule has 0 aromatic carbocycles. The van der Waals surface area contributed by atoms with Gasteiger partial charge in [0.05, 0.1) is 11.2 Å². The zero-order chi connectivity index (χ0) is 12.8. The average Bonchev–Trinajstić information content (AvgIpc) is 2.41. The second kappa shape index (κ2) is 5.91. The molecule has 2 heterocycles. The number of hydrogen-bond acceptors (Lipinski definition) is 4. The molecule has 1 atom stereocenters. The molecule has 1 unspecified atom stereocenters. The van der Waals surface area contributed by atoms with E-state index in [1.807, 2.05) is 0 Å². The van der Waals surface area contributed by atoms with Crippen LogP contribution in [-0.2, 0) is 11.2 Å². The Morgan fingerprint density at radius 1 is 1.44 bits per heavy atom. The Labute approximate surface area is 107 Å². The highest BCUT2D eigenvalue weighted by molar-refractivity contribution is 5.84. The molecule has 0 saturated carbocycles. The summed E-state index contributed by atoms with van der Waals surface area (Å²) in [7, 11) is 0. The van der Waals surface area contributed by atoms with Crippen LogP contribution in [0.2, 0.25) is 0 Å². The maximum atomic E-state index is 11.7. The van der Waals surface area contributed by atoms with Crippen molar-refractivity contribution in [3.63, 3.8) is 0 Å². The first-order valence-corrected chi connectivity index (χ1v) is 6.53. The van der Waals surface area contributed by atoms with Gasteiger partial charge in [0, 0.05) is 18.6 Å². The minimum atomic E-state index is -0.500. The van der Waals surface area contributed by atoms with Crippen molar-refractivity contribution in [1.29, 1.82) is 0 Å². The first-order chi connectivity index (χ1) is 8.73. The lowest BCUT2D eigenvalue weighted by Gasteiger charge is -2.35. The predicted octanol–water partition coefficient (Wildman–Crippen LogP) is 0.797. The molecule has 1 aliphatic rings. The van der Waals surface area contributed by atoms with Crippen LogP contribution in [0, 0.1) is 0 Å². The van der Waals surface area contributed by atoms with E-state index >= 15 is 0 Å². The lowest BCUT2D eigenvalue weighted by molar-refractivity contribution is -0.125. The standard InChI is InChI=1S/C13H20N4O/c14-12(18)13(5-1-2-7-17-13)6-3-4-11-10-15-8-9-16-11/h8-10,17H,1-7H2,(H2,14,18). The van der Waals surface area contributed by atoms with Gasteiger partial charge in [0.2, 0.25) is 5.91 Å². The minimum absolute atomic E-state index is 0.221. The number of aromatic nitrogens is 2. The number of aryl methyl sites for hydroxylation is 1. The molecule has 0 bridgehead atoms. The van der Waals surface area contributed by atoms with Crippen molar-refractivity contribution in [2.75, 3.05) is 6.54 Å². The summed E-state index contributed by atoms with van der Waals surface area (Å²) < 4.78 is 0. The van der Waals surface area contributed by atoms with Crippen LogP contribution >= 0.6 is 0 Å². The first-order valence-electron chi connectivity index (χ1n) is 6.53. The molecule has 1 aromatic heterocycles. The Morgan fingerprint density at radius 2 is 2.33 bits per heavy atom. The molecule has 3 N–H and O–H groups in total. The van der Waals surface area contributed by atoms with Crippen molar-refractivity contribution in [1.82, 2.24) is 15.3 Å². The Kier molecular flexibility index (Phi) is 4.25. The summed E-state index contributed by atoms with van der Waals surface area (Å²) in [5.74, 6) is -0.221. The Bertz CT molecular complexity index is 387. The maximum absolute atomic E-state index is 11.7. The third kappa shape index (κ3) is 3.04. The van der Waals surface area contributed by atoms with Gasteiger partial charge in [-0.25, -0.2) is 0 Å². The van der Waals surface area contributed by atoms with E-state index in [4.69, 9.17) is 5.73 Å². The van der Waals surface area contributed by atoms with Crippen LogP contribution in [0.25, 0.3) is 0 Å². The molecule has 5 heteroatoms.